The van der Waals surface area contributed by atoms with E-state index in [1.54, 1.807) is 0 Å². The molecule has 1 fully saturated rings. The average Bonchev–Trinajstić information content (AvgIpc) is 2.69. The predicted molar refractivity (Wildman–Crippen MR) is 61.4 cm³/mol. The standard InChI is InChI=1S/C12H19N3/c1-10-7-14-4-2-12(10)9-15-5-3-11(6-13)8-15/h2,4,7,11H,3,5-6,8-9,13H2,1H3. The van der Waals surface area contributed by atoms with E-state index in [2.05, 4.69) is 22.9 Å². The third kappa shape index (κ3) is 2.55. The van der Waals surface area contributed by atoms with Crippen molar-refractivity contribution in [2.45, 2.75) is 19.9 Å². The highest BCUT2D eigenvalue weighted by Crippen LogP contribution is 2.18. The topological polar surface area (TPSA) is 42.2 Å². The van der Waals surface area contributed by atoms with Crippen molar-refractivity contribution in [2.24, 2.45) is 11.7 Å². The van der Waals surface area contributed by atoms with Crippen LogP contribution in [-0.2, 0) is 6.54 Å². The summed E-state index contributed by atoms with van der Waals surface area (Å²) in [6.07, 6.45) is 5.06. The van der Waals surface area contributed by atoms with Crippen molar-refractivity contribution in [3.05, 3.63) is 29.6 Å². The summed E-state index contributed by atoms with van der Waals surface area (Å²) >= 11 is 0. The normalized spacial score (nSPS) is 22.1. The lowest BCUT2D eigenvalue weighted by atomic mass is 10.1. The first-order valence-electron chi connectivity index (χ1n) is 5.61. The number of aromatic nitrogens is 1. The molecule has 3 nitrogen and oxygen atoms in total. The minimum atomic E-state index is 0.701. The fourth-order valence-electron chi connectivity index (χ4n) is 2.17. The molecule has 82 valence electrons. The Morgan fingerprint density at radius 1 is 1.60 bits per heavy atom. The quantitative estimate of drug-likeness (QED) is 0.805. The predicted octanol–water partition coefficient (Wildman–Crippen LogP) is 1.17. The molecule has 2 rings (SSSR count). The van der Waals surface area contributed by atoms with Crippen molar-refractivity contribution in [3.63, 3.8) is 0 Å². The smallest absolute Gasteiger partial charge is 0.0300 e. The van der Waals surface area contributed by atoms with Crippen molar-refractivity contribution in [1.82, 2.24) is 9.88 Å². The molecule has 1 aliphatic heterocycles. The molecule has 0 bridgehead atoms. The molecule has 0 spiro atoms. The first kappa shape index (κ1) is 10.6. The van der Waals surface area contributed by atoms with Crippen LogP contribution in [0, 0.1) is 12.8 Å². The van der Waals surface area contributed by atoms with E-state index < -0.39 is 0 Å². The Morgan fingerprint density at radius 2 is 2.47 bits per heavy atom. The lowest BCUT2D eigenvalue weighted by Crippen LogP contribution is -2.23. The van der Waals surface area contributed by atoms with Crippen LogP contribution in [0.2, 0.25) is 0 Å². The zero-order valence-corrected chi connectivity index (χ0v) is 9.32. The largest absolute Gasteiger partial charge is 0.330 e. The summed E-state index contributed by atoms with van der Waals surface area (Å²) in [7, 11) is 0. The highest BCUT2D eigenvalue weighted by Gasteiger charge is 2.21. The van der Waals surface area contributed by atoms with Gasteiger partial charge < -0.3 is 5.73 Å². The Bertz CT molecular complexity index is 324. The molecule has 1 aliphatic rings. The highest BCUT2D eigenvalue weighted by molar-refractivity contribution is 5.21. The first-order valence-corrected chi connectivity index (χ1v) is 5.61. The number of nitrogens with zero attached hydrogens (tertiary/aromatic N) is 2. The van der Waals surface area contributed by atoms with Crippen molar-refractivity contribution >= 4 is 0 Å². The zero-order chi connectivity index (χ0) is 10.7. The number of likely N-dealkylation sites (tertiary alicyclic amines) is 1. The number of hydrogen-bond donors (Lipinski definition) is 1. The summed E-state index contributed by atoms with van der Waals surface area (Å²) in [5.41, 5.74) is 8.36. The molecular weight excluding hydrogens is 186 g/mol. The van der Waals surface area contributed by atoms with Crippen LogP contribution in [0.15, 0.2) is 18.5 Å². The second kappa shape index (κ2) is 4.73. The maximum Gasteiger partial charge on any atom is 0.0300 e. The Kier molecular flexibility index (Phi) is 3.34. The summed E-state index contributed by atoms with van der Waals surface area (Å²) in [6, 6.07) is 2.12. The third-order valence-electron chi connectivity index (χ3n) is 3.23. The Morgan fingerprint density at radius 3 is 3.13 bits per heavy atom. The monoisotopic (exact) mass is 205 g/mol. The van der Waals surface area contributed by atoms with Gasteiger partial charge >= 0.3 is 0 Å². The first-order chi connectivity index (χ1) is 7.29. The van der Waals surface area contributed by atoms with E-state index in [1.807, 2.05) is 12.4 Å². The molecule has 0 saturated carbocycles. The van der Waals surface area contributed by atoms with Crippen molar-refractivity contribution in [2.75, 3.05) is 19.6 Å². The number of rotatable bonds is 3. The molecule has 0 aromatic carbocycles. The maximum atomic E-state index is 5.68. The van der Waals surface area contributed by atoms with Crippen molar-refractivity contribution in [1.29, 1.82) is 0 Å². The number of aryl methyl sites for hydroxylation is 1. The Balaban J connectivity index is 1.96. The molecule has 0 amide bonds. The van der Waals surface area contributed by atoms with Crippen LogP contribution in [-0.4, -0.2) is 29.5 Å². The number of nitrogens with two attached hydrogens (primary N) is 1. The van der Waals surface area contributed by atoms with Gasteiger partial charge in [-0.25, -0.2) is 0 Å². The van der Waals surface area contributed by atoms with E-state index in [1.165, 1.54) is 24.1 Å². The molecule has 1 aromatic heterocycles. The van der Waals surface area contributed by atoms with E-state index in [9.17, 15) is 0 Å². The Hall–Kier alpha value is -0.930. The lowest BCUT2D eigenvalue weighted by molar-refractivity contribution is 0.317. The van der Waals surface area contributed by atoms with Gasteiger partial charge in [0.1, 0.15) is 0 Å². The minimum absolute atomic E-state index is 0.701. The molecule has 0 aliphatic carbocycles. The second-order valence-electron chi connectivity index (χ2n) is 4.43. The summed E-state index contributed by atoms with van der Waals surface area (Å²) in [5, 5.41) is 0. The van der Waals surface area contributed by atoms with E-state index in [-0.39, 0.29) is 0 Å². The zero-order valence-electron chi connectivity index (χ0n) is 9.32. The molecular formula is C12H19N3. The lowest BCUT2D eigenvalue weighted by Gasteiger charge is -2.16. The molecule has 1 unspecified atom stereocenters. The molecule has 1 saturated heterocycles. The molecule has 3 heteroatoms. The van der Waals surface area contributed by atoms with Gasteiger partial charge in [-0.15, -0.1) is 0 Å². The van der Waals surface area contributed by atoms with Gasteiger partial charge in [0.05, 0.1) is 0 Å². The summed E-state index contributed by atoms with van der Waals surface area (Å²) in [5.74, 6) is 0.701. The van der Waals surface area contributed by atoms with E-state index in [4.69, 9.17) is 5.73 Å². The number of hydrogen-bond acceptors (Lipinski definition) is 3. The van der Waals surface area contributed by atoms with Crippen LogP contribution in [0.1, 0.15) is 17.5 Å². The van der Waals surface area contributed by atoms with Crippen LogP contribution in [0.3, 0.4) is 0 Å². The van der Waals surface area contributed by atoms with Gasteiger partial charge in [-0.3, -0.25) is 9.88 Å². The van der Waals surface area contributed by atoms with Crippen LogP contribution in [0.5, 0.6) is 0 Å². The van der Waals surface area contributed by atoms with Gasteiger partial charge in [-0.1, -0.05) is 0 Å². The molecule has 15 heavy (non-hydrogen) atoms. The highest BCUT2D eigenvalue weighted by atomic mass is 15.1. The molecule has 2 heterocycles. The molecule has 2 N–H and O–H groups in total. The van der Waals surface area contributed by atoms with E-state index >= 15 is 0 Å². The molecule has 1 aromatic rings. The van der Waals surface area contributed by atoms with Crippen LogP contribution in [0.25, 0.3) is 0 Å². The van der Waals surface area contributed by atoms with Gasteiger partial charge in [-0.2, -0.15) is 0 Å². The summed E-state index contributed by atoms with van der Waals surface area (Å²) < 4.78 is 0. The fraction of sp³-hybridized carbons (Fsp3) is 0.583. The SMILES string of the molecule is Cc1cnccc1CN1CCC(CN)C1. The van der Waals surface area contributed by atoms with E-state index in [0.29, 0.717) is 5.92 Å². The average molecular weight is 205 g/mol. The Labute approximate surface area is 91.3 Å². The molecule has 0 radical (unpaired) electrons. The van der Waals surface area contributed by atoms with Gasteiger partial charge in [0.25, 0.3) is 0 Å². The van der Waals surface area contributed by atoms with Crippen LogP contribution >= 0.6 is 0 Å². The molecule has 1 atom stereocenters. The van der Waals surface area contributed by atoms with Gasteiger partial charge in [0.2, 0.25) is 0 Å². The summed E-state index contributed by atoms with van der Waals surface area (Å²) in [4.78, 5) is 6.60. The van der Waals surface area contributed by atoms with Gasteiger partial charge in [0, 0.05) is 25.5 Å². The maximum absolute atomic E-state index is 5.68. The summed E-state index contributed by atoms with van der Waals surface area (Å²) in [6.45, 7) is 6.33. The minimum Gasteiger partial charge on any atom is -0.330 e. The van der Waals surface area contributed by atoms with Crippen LogP contribution < -0.4 is 5.73 Å². The van der Waals surface area contributed by atoms with Crippen LogP contribution in [0.4, 0.5) is 0 Å². The van der Waals surface area contributed by atoms with Crippen molar-refractivity contribution in [3.8, 4) is 0 Å². The number of pyridine rings is 1. The van der Waals surface area contributed by atoms with Gasteiger partial charge in [-0.05, 0) is 49.5 Å². The van der Waals surface area contributed by atoms with E-state index in [0.717, 1.165) is 19.6 Å². The third-order valence-corrected chi connectivity index (χ3v) is 3.23. The van der Waals surface area contributed by atoms with Crippen molar-refractivity contribution < 1.29 is 0 Å². The fourth-order valence-corrected chi connectivity index (χ4v) is 2.17. The van der Waals surface area contributed by atoms with Gasteiger partial charge in [0.15, 0.2) is 0 Å². The second-order valence-corrected chi connectivity index (χ2v) is 4.43.